The van der Waals surface area contributed by atoms with Crippen LogP contribution in [0.4, 0.5) is 0 Å². The van der Waals surface area contributed by atoms with Crippen molar-refractivity contribution >= 4 is 23.0 Å². The molecule has 0 aliphatic carbocycles. The highest BCUT2D eigenvalue weighted by atomic mass is 16.5. The number of nitrogens with zero attached hydrogens (tertiary/aromatic N) is 1. The minimum Gasteiger partial charge on any atom is -0.504 e. The molecule has 0 unspecified atom stereocenters. The van der Waals surface area contributed by atoms with Gasteiger partial charge >= 0.3 is 0 Å². The van der Waals surface area contributed by atoms with Gasteiger partial charge in [-0.2, -0.15) is 0 Å². The topological polar surface area (TPSA) is 72.1 Å². The summed E-state index contributed by atoms with van der Waals surface area (Å²) in [4.78, 5) is 13.8. The molecule has 6 nitrogen and oxygen atoms in total. The number of benzene rings is 1. The zero-order chi connectivity index (χ0) is 15.5. The lowest BCUT2D eigenvalue weighted by molar-refractivity contribution is -0.129. The number of morpholine rings is 1. The Morgan fingerprint density at radius 2 is 2.18 bits per heavy atom. The molecule has 1 aliphatic heterocycles. The van der Waals surface area contributed by atoms with Gasteiger partial charge in [0.1, 0.15) is 0 Å². The lowest BCUT2D eigenvalue weighted by atomic mass is 10.1. The molecule has 1 amide bonds. The van der Waals surface area contributed by atoms with Crippen LogP contribution in [0.15, 0.2) is 28.9 Å². The van der Waals surface area contributed by atoms with Crippen LogP contribution < -0.4 is 4.74 Å². The number of methoxy groups -OCH3 is 1. The molecule has 1 aromatic heterocycles. The van der Waals surface area contributed by atoms with Crippen molar-refractivity contribution in [3.05, 3.63) is 30.0 Å². The summed E-state index contributed by atoms with van der Waals surface area (Å²) in [6.07, 6.45) is 4.56. The van der Waals surface area contributed by atoms with Crippen LogP contribution >= 0.6 is 0 Å². The maximum atomic E-state index is 12.1. The zero-order valence-corrected chi connectivity index (χ0v) is 12.2. The van der Waals surface area contributed by atoms with Gasteiger partial charge in [-0.05, 0) is 18.2 Å². The van der Waals surface area contributed by atoms with Crippen molar-refractivity contribution in [3.63, 3.8) is 0 Å². The van der Waals surface area contributed by atoms with E-state index in [-0.39, 0.29) is 17.4 Å². The number of carbonyl (C=O) groups is 1. The van der Waals surface area contributed by atoms with Gasteiger partial charge in [0.2, 0.25) is 11.7 Å². The Morgan fingerprint density at radius 3 is 2.91 bits per heavy atom. The van der Waals surface area contributed by atoms with Gasteiger partial charge in [0.15, 0.2) is 11.3 Å². The van der Waals surface area contributed by atoms with Gasteiger partial charge in [-0.25, -0.2) is 0 Å². The number of hydrogen-bond donors (Lipinski definition) is 1. The molecule has 2 aromatic rings. The van der Waals surface area contributed by atoms with E-state index in [1.54, 1.807) is 23.1 Å². The van der Waals surface area contributed by atoms with E-state index in [9.17, 15) is 9.90 Å². The fraction of sp³-hybridized carbons (Fsp3) is 0.312. The molecule has 0 bridgehead atoms. The Labute approximate surface area is 127 Å². The fourth-order valence-electron chi connectivity index (χ4n) is 2.46. The van der Waals surface area contributed by atoms with Crippen LogP contribution in [0.3, 0.4) is 0 Å². The van der Waals surface area contributed by atoms with Crippen LogP contribution in [-0.4, -0.2) is 49.3 Å². The minimum absolute atomic E-state index is 0.0454. The first-order chi connectivity index (χ1) is 10.7. The quantitative estimate of drug-likeness (QED) is 0.878. The van der Waals surface area contributed by atoms with E-state index < -0.39 is 0 Å². The Kier molecular flexibility index (Phi) is 4.02. The van der Waals surface area contributed by atoms with Crippen LogP contribution in [0, 0.1) is 0 Å². The van der Waals surface area contributed by atoms with Crippen LogP contribution in [-0.2, 0) is 9.53 Å². The van der Waals surface area contributed by atoms with Crippen molar-refractivity contribution < 1.29 is 23.8 Å². The van der Waals surface area contributed by atoms with Crippen molar-refractivity contribution in [1.29, 1.82) is 0 Å². The largest absolute Gasteiger partial charge is 0.504 e. The predicted octanol–water partition coefficient (Wildman–Crippen LogP) is 2.02. The van der Waals surface area contributed by atoms with Crippen molar-refractivity contribution in [3.8, 4) is 11.5 Å². The first kappa shape index (κ1) is 14.5. The van der Waals surface area contributed by atoms with E-state index in [1.165, 1.54) is 19.4 Å². The van der Waals surface area contributed by atoms with Gasteiger partial charge in [-0.3, -0.25) is 4.79 Å². The number of aromatic hydroxyl groups is 1. The van der Waals surface area contributed by atoms with Crippen molar-refractivity contribution in [1.82, 2.24) is 4.90 Å². The first-order valence-electron chi connectivity index (χ1n) is 7.02. The molecule has 6 heteroatoms. The van der Waals surface area contributed by atoms with E-state index in [0.717, 1.165) is 5.39 Å². The third kappa shape index (κ3) is 2.65. The number of hydrogen-bond acceptors (Lipinski definition) is 5. The number of fused-ring (bicyclic) bond motifs is 1. The van der Waals surface area contributed by atoms with Crippen LogP contribution in [0.2, 0.25) is 0 Å². The molecule has 1 N–H and O–H groups in total. The summed E-state index contributed by atoms with van der Waals surface area (Å²) in [5.74, 6) is 0.117. The van der Waals surface area contributed by atoms with Crippen LogP contribution in [0.5, 0.6) is 11.5 Å². The third-order valence-corrected chi connectivity index (χ3v) is 3.63. The van der Waals surface area contributed by atoms with E-state index >= 15 is 0 Å². The van der Waals surface area contributed by atoms with Crippen LogP contribution in [0.1, 0.15) is 5.56 Å². The summed E-state index contributed by atoms with van der Waals surface area (Å²) in [5.41, 5.74) is 0.990. The normalized spacial score (nSPS) is 15.6. The number of phenolic OH excluding ortho intramolecular Hbond substituents is 1. The second-order valence-corrected chi connectivity index (χ2v) is 4.96. The van der Waals surface area contributed by atoms with Crippen molar-refractivity contribution in [2.75, 3.05) is 33.4 Å². The third-order valence-electron chi connectivity index (χ3n) is 3.63. The molecule has 0 atom stereocenters. The van der Waals surface area contributed by atoms with Gasteiger partial charge in [-0.15, -0.1) is 0 Å². The minimum atomic E-state index is -0.103. The number of phenols is 1. The summed E-state index contributed by atoms with van der Waals surface area (Å²) in [7, 11) is 1.46. The second-order valence-electron chi connectivity index (χ2n) is 4.96. The number of carbonyl (C=O) groups excluding carboxylic acids is 1. The SMILES string of the molecule is COc1c(O)c(/C=C\C(=O)N2CCOCC2)cc2ccoc12. The second kappa shape index (κ2) is 6.11. The smallest absolute Gasteiger partial charge is 0.246 e. The van der Waals surface area contributed by atoms with E-state index in [2.05, 4.69) is 0 Å². The molecule has 0 saturated carbocycles. The summed E-state index contributed by atoms with van der Waals surface area (Å²) < 4.78 is 15.7. The van der Waals surface area contributed by atoms with Gasteiger partial charge in [0.25, 0.3) is 0 Å². The average Bonchev–Trinajstić information content (AvgIpc) is 3.01. The summed E-state index contributed by atoms with van der Waals surface area (Å²) in [6, 6.07) is 3.53. The lowest BCUT2D eigenvalue weighted by Gasteiger charge is -2.25. The molecule has 2 heterocycles. The first-order valence-corrected chi connectivity index (χ1v) is 7.02. The predicted molar refractivity (Wildman–Crippen MR) is 80.9 cm³/mol. The number of ether oxygens (including phenoxy) is 2. The summed E-state index contributed by atoms with van der Waals surface area (Å²) >= 11 is 0. The average molecular weight is 303 g/mol. The monoisotopic (exact) mass is 303 g/mol. The molecule has 1 saturated heterocycles. The van der Waals surface area contributed by atoms with E-state index in [1.807, 2.05) is 0 Å². The van der Waals surface area contributed by atoms with Crippen molar-refractivity contribution in [2.24, 2.45) is 0 Å². The molecular formula is C16H17NO5. The van der Waals surface area contributed by atoms with Gasteiger partial charge in [-0.1, -0.05) is 0 Å². The molecule has 116 valence electrons. The van der Waals surface area contributed by atoms with E-state index in [0.29, 0.717) is 37.4 Å². The molecule has 3 rings (SSSR count). The van der Waals surface area contributed by atoms with E-state index in [4.69, 9.17) is 13.9 Å². The zero-order valence-electron chi connectivity index (χ0n) is 12.2. The number of amides is 1. The van der Waals surface area contributed by atoms with Crippen LogP contribution in [0.25, 0.3) is 17.0 Å². The Balaban J connectivity index is 1.88. The molecular weight excluding hydrogens is 286 g/mol. The Morgan fingerprint density at radius 1 is 1.41 bits per heavy atom. The molecule has 1 aromatic carbocycles. The van der Waals surface area contributed by atoms with Gasteiger partial charge < -0.3 is 23.9 Å². The maximum Gasteiger partial charge on any atom is 0.246 e. The molecule has 22 heavy (non-hydrogen) atoms. The lowest BCUT2D eigenvalue weighted by Crippen LogP contribution is -2.39. The Bertz CT molecular complexity index is 713. The van der Waals surface area contributed by atoms with Crippen molar-refractivity contribution in [2.45, 2.75) is 0 Å². The van der Waals surface area contributed by atoms with Gasteiger partial charge in [0, 0.05) is 30.1 Å². The summed E-state index contributed by atoms with van der Waals surface area (Å²) in [6.45, 7) is 2.28. The Hall–Kier alpha value is -2.47. The summed E-state index contributed by atoms with van der Waals surface area (Å²) in [5, 5.41) is 11.0. The maximum absolute atomic E-state index is 12.1. The number of furan rings is 1. The highest BCUT2D eigenvalue weighted by Crippen LogP contribution is 2.39. The molecule has 0 spiro atoms. The molecule has 1 fully saturated rings. The highest BCUT2D eigenvalue weighted by molar-refractivity contribution is 5.95. The number of rotatable bonds is 3. The fourth-order valence-corrected chi connectivity index (χ4v) is 2.46. The highest BCUT2D eigenvalue weighted by Gasteiger charge is 2.16. The van der Waals surface area contributed by atoms with Gasteiger partial charge in [0.05, 0.1) is 26.6 Å². The standard InChI is InChI=1S/C16H17NO5/c1-20-16-14(19)11(10-12-4-7-22-15(12)16)2-3-13(18)17-5-8-21-9-6-17/h2-4,7,10,19H,5-6,8-9H2,1H3/b3-2-. The molecule has 1 aliphatic rings. The molecule has 0 radical (unpaired) electrons.